The van der Waals surface area contributed by atoms with Crippen molar-refractivity contribution in [1.82, 2.24) is 5.32 Å². The SMILES string of the molecule is CNCC(CCCC(C)C)c1ccc(Cl)cc1. The van der Waals surface area contributed by atoms with E-state index in [2.05, 4.69) is 31.3 Å². The molecule has 1 nitrogen and oxygen atoms in total. The lowest BCUT2D eigenvalue weighted by atomic mass is 9.92. The van der Waals surface area contributed by atoms with Crippen molar-refractivity contribution in [2.45, 2.75) is 39.0 Å². The fourth-order valence-corrected chi connectivity index (χ4v) is 2.27. The minimum Gasteiger partial charge on any atom is -0.319 e. The normalized spacial score (nSPS) is 13.0. The predicted octanol–water partition coefficient (Wildman–Crippen LogP) is 4.47. The fraction of sp³-hybridized carbons (Fsp3) is 0.600. The third-order valence-corrected chi connectivity index (χ3v) is 3.38. The topological polar surface area (TPSA) is 12.0 Å². The van der Waals surface area contributed by atoms with Gasteiger partial charge in [0.15, 0.2) is 0 Å². The first kappa shape index (κ1) is 14.5. The molecule has 17 heavy (non-hydrogen) atoms. The maximum atomic E-state index is 5.92. The average Bonchev–Trinajstić information content (AvgIpc) is 2.29. The van der Waals surface area contributed by atoms with Crippen LogP contribution in [0.5, 0.6) is 0 Å². The van der Waals surface area contributed by atoms with Gasteiger partial charge in [-0.05, 0) is 43.0 Å². The molecule has 0 aromatic heterocycles. The zero-order valence-corrected chi connectivity index (χ0v) is 11.9. The Kier molecular flexibility index (Phi) is 6.61. The molecular weight excluding hydrogens is 230 g/mol. The second kappa shape index (κ2) is 7.73. The largest absolute Gasteiger partial charge is 0.319 e. The second-order valence-corrected chi connectivity index (χ2v) is 5.57. The molecule has 0 fully saturated rings. The molecule has 0 aliphatic carbocycles. The summed E-state index contributed by atoms with van der Waals surface area (Å²) in [7, 11) is 2.02. The zero-order chi connectivity index (χ0) is 12.7. The number of halogens is 1. The van der Waals surface area contributed by atoms with E-state index >= 15 is 0 Å². The first-order valence-corrected chi connectivity index (χ1v) is 6.91. The summed E-state index contributed by atoms with van der Waals surface area (Å²) in [6.45, 7) is 5.62. The first-order chi connectivity index (χ1) is 8.13. The Hall–Kier alpha value is -0.530. The second-order valence-electron chi connectivity index (χ2n) is 5.13. The van der Waals surface area contributed by atoms with E-state index in [0.29, 0.717) is 5.92 Å². The van der Waals surface area contributed by atoms with Crippen molar-refractivity contribution < 1.29 is 0 Å². The van der Waals surface area contributed by atoms with Crippen molar-refractivity contribution in [2.75, 3.05) is 13.6 Å². The molecule has 1 N–H and O–H groups in total. The van der Waals surface area contributed by atoms with Crippen LogP contribution < -0.4 is 5.32 Å². The van der Waals surface area contributed by atoms with Gasteiger partial charge in [0.25, 0.3) is 0 Å². The number of hydrogen-bond acceptors (Lipinski definition) is 1. The van der Waals surface area contributed by atoms with Gasteiger partial charge in [0, 0.05) is 11.6 Å². The van der Waals surface area contributed by atoms with Crippen LogP contribution in [0.25, 0.3) is 0 Å². The molecule has 1 aromatic carbocycles. The minimum atomic E-state index is 0.607. The van der Waals surface area contributed by atoms with Crippen molar-refractivity contribution in [3.63, 3.8) is 0 Å². The molecule has 2 heteroatoms. The minimum absolute atomic E-state index is 0.607. The molecule has 1 aromatic rings. The molecule has 0 saturated carbocycles. The lowest BCUT2D eigenvalue weighted by Crippen LogP contribution is -2.17. The van der Waals surface area contributed by atoms with Crippen LogP contribution in [0.1, 0.15) is 44.6 Å². The van der Waals surface area contributed by atoms with Crippen molar-refractivity contribution in [1.29, 1.82) is 0 Å². The molecule has 0 spiro atoms. The number of benzene rings is 1. The summed E-state index contributed by atoms with van der Waals surface area (Å²) in [5.74, 6) is 1.41. The van der Waals surface area contributed by atoms with Crippen LogP contribution >= 0.6 is 11.6 Å². The Labute approximate surface area is 111 Å². The monoisotopic (exact) mass is 253 g/mol. The molecule has 0 aliphatic heterocycles. The predicted molar refractivity (Wildman–Crippen MR) is 76.8 cm³/mol. The van der Waals surface area contributed by atoms with Crippen LogP contribution in [0, 0.1) is 5.92 Å². The van der Waals surface area contributed by atoms with Crippen molar-refractivity contribution >= 4 is 11.6 Å². The molecule has 0 radical (unpaired) electrons. The van der Waals surface area contributed by atoms with Crippen LogP contribution in [-0.4, -0.2) is 13.6 Å². The summed E-state index contributed by atoms with van der Waals surface area (Å²) >= 11 is 5.92. The van der Waals surface area contributed by atoms with E-state index in [9.17, 15) is 0 Å². The number of likely N-dealkylation sites (N-methyl/N-ethyl adjacent to an activating group) is 1. The van der Waals surface area contributed by atoms with Gasteiger partial charge in [-0.3, -0.25) is 0 Å². The van der Waals surface area contributed by atoms with Crippen LogP contribution in [0.3, 0.4) is 0 Å². The van der Waals surface area contributed by atoms with Gasteiger partial charge < -0.3 is 5.32 Å². The fourth-order valence-electron chi connectivity index (χ4n) is 2.14. The van der Waals surface area contributed by atoms with Crippen molar-refractivity contribution in [3.05, 3.63) is 34.9 Å². The van der Waals surface area contributed by atoms with Crippen LogP contribution in [0.15, 0.2) is 24.3 Å². The third-order valence-electron chi connectivity index (χ3n) is 3.13. The molecule has 1 rings (SSSR count). The Morgan fingerprint density at radius 2 is 1.76 bits per heavy atom. The summed E-state index contributed by atoms with van der Waals surface area (Å²) in [6.07, 6.45) is 3.86. The van der Waals surface area contributed by atoms with Gasteiger partial charge in [-0.2, -0.15) is 0 Å². The summed E-state index contributed by atoms with van der Waals surface area (Å²) in [5, 5.41) is 4.10. The lowest BCUT2D eigenvalue weighted by Gasteiger charge is -2.17. The number of rotatable bonds is 7. The zero-order valence-electron chi connectivity index (χ0n) is 11.2. The highest BCUT2D eigenvalue weighted by Gasteiger charge is 2.10. The lowest BCUT2D eigenvalue weighted by molar-refractivity contribution is 0.490. The standard InChI is InChI=1S/C15H24ClN/c1-12(2)5-4-6-14(11-17-3)13-7-9-15(16)10-8-13/h7-10,12,14,17H,4-6,11H2,1-3H3. The molecule has 0 bridgehead atoms. The van der Waals surface area contributed by atoms with Crippen LogP contribution in [0.2, 0.25) is 5.02 Å². The quantitative estimate of drug-likeness (QED) is 0.756. The van der Waals surface area contributed by atoms with E-state index in [1.54, 1.807) is 0 Å². The number of hydrogen-bond donors (Lipinski definition) is 1. The van der Waals surface area contributed by atoms with Gasteiger partial charge in [-0.25, -0.2) is 0 Å². The molecule has 0 heterocycles. The average molecular weight is 254 g/mol. The summed E-state index contributed by atoms with van der Waals surface area (Å²) in [5.41, 5.74) is 1.40. The van der Waals surface area contributed by atoms with E-state index < -0.39 is 0 Å². The van der Waals surface area contributed by atoms with Crippen LogP contribution in [0.4, 0.5) is 0 Å². The van der Waals surface area contributed by atoms with Gasteiger partial charge in [0.05, 0.1) is 0 Å². The molecule has 0 saturated heterocycles. The van der Waals surface area contributed by atoms with E-state index in [0.717, 1.165) is 17.5 Å². The Bertz CT molecular complexity index is 305. The maximum Gasteiger partial charge on any atom is 0.0406 e. The Balaban J connectivity index is 2.55. The Morgan fingerprint density at radius 3 is 2.29 bits per heavy atom. The smallest absolute Gasteiger partial charge is 0.0406 e. The maximum absolute atomic E-state index is 5.92. The highest BCUT2D eigenvalue weighted by molar-refractivity contribution is 6.30. The van der Waals surface area contributed by atoms with E-state index in [-0.39, 0.29) is 0 Å². The molecule has 1 atom stereocenters. The van der Waals surface area contributed by atoms with E-state index in [1.807, 2.05) is 19.2 Å². The third kappa shape index (κ3) is 5.56. The van der Waals surface area contributed by atoms with Crippen LogP contribution in [-0.2, 0) is 0 Å². The van der Waals surface area contributed by atoms with Gasteiger partial charge in [0.1, 0.15) is 0 Å². The molecule has 1 unspecified atom stereocenters. The summed E-state index contributed by atoms with van der Waals surface area (Å²) in [6, 6.07) is 8.28. The highest BCUT2D eigenvalue weighted by atomic mass is 35.5. The molecular formula is C15H24ClN. The van der Waals surface area contributed by atoms with Gasteiger partial charge in [0.2, 0.25) is 0 Å². The van der Waals surface area contributed by atoms with Crippen molar-refractivity contribution in [2.24, 2.45) is 5.92 Å². The first-order valence-electron chi connectivity index (χ1n) is 6.53. The molecule has 0 aliphatic rings. The molecule has 0 amide bonds. The molecule has 96 valence electrons. The Morgan fingerprint density at radius 1 is 1.12 bits per heavy atom. The summed E-state index contributed by atoms with van der Waals surface area (Å²) < 4.78 is 0. The van der Waals surface area contributed by atoms with Crippen molar-refractivity contribution in [3.8, 4) is 0 Å². The number of nitrogens with one attached hydrogen (secondary N) is 1. The van der Waals surface area contributed by atoms with Gasteiger partial charge in [-0.15, -0.1) is 0 Å². The van der Waals surface area contributed by atoms with Gasteiger partial charge >= 0.3 is 0 Å². The highest BCUT2D eigenvalue weighted by Crippen LogP contribution is 2.24. The van der Waals surface area contributed by atoms with Gasteiger partial charge in [-0.1, -0.05) is 50.4 Å². The summed E-state index contributed by atoms with van der Waals surface area (Å²) in [4.78, 5) is 0. The van der Waals surface area contributed by atoms with E-state index in [4.69, 9.17) is 11.6 Å². The van der Waals surface area contributed by atoms with E-state index in [1.165, 1.54) is 24.8 Å².